The van der Waals surface area contributed by atoms with Crippen molar-refractivity contribution in [1.82, 2.24) is 0 Å². The van der Waals surface area contributed by atoms with Crippen LogP contribution >= 0.6 is 15.9 Å². The molecule has 1 heterocycles. The summed E-state index contributed by atoms with van der Waals surface area (Å²) in [5.41, 5.74) is 3.53. The van der Waals surface area contributed by atoms with E-state index < -0.39 is 0 Å². The van der Waals surface area contributed by atoms with Crippen LogP contribution in [0.5, 0.6) is 0 Å². The lowest BCUT2D eigenvalue weighted by atomic mass is 9.93. The van der Waals surface area contributed by atoms with E-state index in [4.69, 9.17) is 0 Å². The van der Waals surface area contributed by atoms with Crippen LogP contribution in [-0.2, 0) is 6.42 Å². The van der Waals surface area contributed by atoms with Crippen LogP contribution in [0.25, 0.3) is 0 Å². The summed E-state index contributed by atoms with van der Waals surface area (Å²) in [5, 5.41) is 9.52. The highest BCUT2D eigenvalue weighted by molar-refractivity contribution is 9.10. The molecule has 1 aliphatic rings. The Morgan fingerprint density at radius 1 is 1.11 bits per heavy atom. The van der Waals surface area contributed by atoms with Gasteiger partial charge < -0.3 is 4.90 Å². The first-order chi connectivity index (χ1) is 9.29. The van der Waals surface area contributed by atoms with E-state index in [0.29, 0.717) is 0 Å². The van der Waals surface area contributed by atoms with Gasteiger partial charge in [0.15, 0.2) is 0 Å². The molecule has 0 bridgehead atoms. The number of nitrogens with zero attached hydrogens (tertiary/aromatic N) is 2. The maximum atomic E-state index is 9.52. The van der Waals surface area contributed by atoms with Crippen LogP contribution in [0.1, 0.15) is 17.2 Å². The van der Waals surface area contributed by atoms with E-state index in [1.807, 2.05) is 24.3 Å². The number of nitriles is 1. The Morgan fingerprint density at radius 3 is 2.58 bits per heavy atom. The molecule has 2 nitrogen and oxygen atoms in total. The molecule has 1 aliphatic heterocycles. The van der Waals surface area contributed by atoms with E-state index in [1.54, 1.807) is 0 Å². The molecule has 2 aromatic rings. The molecule has 0 spiro atoms. The third kappa shape index (κ3) is 2.24. The Morgan fingerprint density at radius 2 is 1.84 bits per heavy atom. The Bertz CT molecular complexity index is 628. The first-order valence-electron chi connectivity index (χ1n) is 6.29. The van der Waals surface area contributed by atoms with Gasteiger partial charge in [0.1, 0.15) is 6.04 Å². The van der Waals surface area contributed by atoms with Crippen LogP contribution in [-0.4, -0.2) is 6.54 Å². The van der Waals surface area contributed by atoms with E-state index >= 15 is 0 Å². The highest BCUT2D eigenvalue weighted by Crippen LogP contribution is 2.33. The van der Waals surface area contributed by atoms with Crippen molar-refractivity contribution >= 4 is 21.6 Å². The predicted octanol–water partition coefficient (Wildman–Crippen LogP) is 4.08. The van der Waals surface area contributed by atoms with Crippen molar-refractivity contribution in [1.29, 1.82) is 5.26 Å². The van der Waals surface area contributed by atoms with Gasteiger partial charge in [-0.3, -0.25) is 0 Å². The van der Waals surface area contributed by atoms with Gasteiger partial charge in [-0.05, 0) is 41.8 Å². The molecule has 1 unspecified atom stereocenters. The topological polar surface area (TPSA) is 27.0 Å². The van der Waals surface area contributed by atoms with Crippen LogP contribution in [0.3, 0.4) is 0 Å². The van der Waals surface area contributed by atoms with Crippen molar-refractivity contribution < 1.29 is 0 Å². The number of benzene rings is 2. The molecule has 0 aromatic heterocycles. The zero-order valence-electron chi connectivity index (χ0n) is 10.4. The van der Waals surface area contributed by atoms with E-state index in [0.717, 1.165) is 28.7 Å². The Hall–Kier alpha value is -1.79. The second-order valence-electron chi connectivity index (χ2n) is 4.65. The number of anilines is 1. The van der Waals surface area contributed by atoms with Gasteiger partial charge >= 0.3 is 0 Å². The normalized spacial score (nSPS) is 17.7. The minimum absolute atomic E-state index is 0.189. The van der Waals surface area contributed by atoms with E-state index in [1.165, 1.54) is 5.56 Å². The quantitative estimate of drug-likeness (QED) is 0.793. The van der Waals surface area contributed by atoms with Gasteiger partial charge in [-0.2, -0.15) is 5.26 Å². The molecule has 19 heavy (non-hydrogen) atoms. The summed E-state index contributed by atoms with van der Waals surface area (Å²) >= 11 is 3.44. The Labute approximate surface area is 121 Å². The highest BCUT2D eigenvalue weighted by atomic mass is 79.9. The largest absolute Gasteiger partial charge is 0.352 e. The molecule has 1 atom stereocenters. The SMILES string of the molecule is N#CC1c2ccccc2CCN1c1ccc(Br)cc1. The van der Waals surface area contributed by atoms with Gasteiger partial charge in [0.25, 0.3) is 0 Å². The van der Waals surface area contributed by atoms with Gasteiger partial charge in [0.2, 0.25) is 0 Å². The maximum absolute atomic E-state index is 9.52. The lowest BCUT2D eigenvalue weighted by Crippen LogP contribution is -2.34. The number of fused-ring (bicyclic) bond motifs is 1. The monoisotopic (exact) mass is 312 g/mol. The molecule has 3 rings (SSSR count). The predicted molar refractivity (Wildman–Crippen MR) is 80.0 cm³/mol. The average Bonchev–Trinajstić information content (AvgIpc) is 2.47. The van der Waals surface area contributed by atoms with Gasteiger partial charge in [-0.15, -0.1) is 0 Å². The standard InChI is InChI=1S/C16H13BrN2/c17-13-5-7-14(8-6-13)19-10-9-12-3-1-2-4-15(12)16(19)11-18/h1-8,16H,9-10H2. The summed E-state index contributed by atoms with van der Waals surface area (Å²) in [7, 11) is 0. The molecule has 0 N–H and O–H groups in total. The second-order valence-corrected chi connectivity index (χ2v) is 5.57. The third-order valence-electron chi connectivity index (χ3n) is 3.56. The summed E-state index contributed by atoms with van der Waals surface area (Å²) in [4.78, 5) is 2.18. The lowest BCUT2D eigenvalue weighted by Gasteiger charge is -2.35. The molecule has 0 fully saturated rings. The molecule has 0 amide bonds. The van der Waals surface area contributed by atoms with Crippen LogP contribution < -0.4 is 4.90 Å². The van der Waals surface area contributed by atoms with Gasteiger partial charge in [0.05, 0.1) is 6.07 Å². The maximum Gasteiger partial charge on any atom is 0.142 e. The fourth-order valence-electron chi connectivity index (χ4n) is 2.62. The molecule has 0 radical (unpaired) electrons. The summed E-state index contributed by atoms with van der Waals surface area (Å²) in [6.45, 7) is 0.886. The van der Waals surface area contributed by atoms with Gasteiger partial charge in [-0.25, -0.2) is 0 Å². The third-order valence-corrected chi connectivity index (χ3v) is 4.09. The average molecular weight is 313 g/mol. The fourth-order valence-corrected chi connectivity index (χ4v) is 2.88. The van der Waals surface area contributed by atoms with Gasteiger partial charge in [-0.1, -0.05) is 40.2 Å². The van der Waals surface area contributed by atoms with E-state index in [2.05, 4.69) is 51.2 Å². The first-order valence-corrected chi connectivity index (χ1v) is 7.08. The highest BCUT2D eigenvalue weighted by Gasteiger charge is 2.26. The number of hydrogen-bond donors (Lipinski definition) is 0. The molecule has 0 saturated heterocycles. The fraction of sp³-hybridized carbons (Fsp3) is 0.188. The summed E-state index contributed by atoms with van der Waals surface area (Å²) in [6, 6.07) is 18.6. The van der Waals surface area contributed by atoms with Crippen LogP contribution in [0.15, 0.2) is 53.0 Å². The summed E-state index contributed by atoms with van der Waals surface area (Å²) < 4.78 is 1.06. The Balaban J connectivity index is 2.01. The molecule has 2 aromatic carbocycles. The summed E-state index contributed by atoms with van der Waals surface area (Å²) in [5.74, 6) is 0. The molecular weight excluding hydrogens is 300 g/mol. The van der Waals surface area contributed by atoms with Gasteiger partial charge in [0, 0.05) is 16.7 Å². The van der Waals surface area contributed by atoms with Crippen LogP contribution in [0.4, 0.5) is 5.69 Å². The van der Waals surface area contributed by atoms with Crippen molar-refractivity contribution in [2.45, 2.75) is 12.5 Å². The zero-order chi connectivity index (χ0) is 13.2. The molecule has 0 aliphatic carbocycles. The minimum atomic E-state index is -0.189. The number of hydrogen-bond acceptors (Lipinski definition) is 2. The van der Waals surface area contributed by atoms with Crippen molar-refractivity contribution in [3.63, 3.8) is 0 Å². The number of halogens is 1. The minimum Gasteiger partial charge on any atom is -0.352 e. The number of rotatable bonds is 1. The Kier molecular flexibility index (Phi) is 3.27. The van der Waals surface area contributed by atoms with Crippen molar-refractivity contribution in [2.75, 3.05) is 11.4 Å². The van der Waals surface area contributed by atoms with Crippen LogP contribution in [0.2, 0.25) is 0 Å². The van der Waals surface area contributed by atoms with Crippen LogP contribution in [0, 0.1) is 11.3 Å². The zero-order valence-corrected chi connectivity index (χ0v) is 12.0. The first kappa shape index (κ1) is 12.3. The molecule has 3 heteroatoms. The summed E-state index contributed by atoms with van der Waals surface area (Å²) in [6.07, 6.45) is 0.990. The molecule has 94 valence electrons. The molecule has 0 saturated carbocycles. The van der Waals surface area contributed by atoms with E-state index in [-0.39, 0.29) is 6.04 Å². The molecular formula is C16H13BrN2. The van der Waals surface area contributed by atoms with E-state index in [9.17, 15) is 5.26 Å². The smallest absolute Gasteiger partial charge is 0.142 e. The van der Waals surface area contributed by atoms with Crippen molar-refractivity contribution in [3.8, 4) is 6.07 Å². The van der Waals surface area contributed by atoms with Crippen molar-refractivity contribution in [2.24, 2.45) is 0 Å². The second kappa shape index (κ2) is 5.07. The lowest BCUT2D eigenvalue weighted by molar-refractivity contribution is 0.676. The van der Waals surface area contributed by atoms with Crippen molar-refractivity contribution in [3.05, 3.63) is 64.1 Å².